The van der Waals surface area contributed by atoms with Crippen molar-refractivity contribution in [2.45, 2.75) is 57.3 Å². The van der Waals surface area contributed by atoms with Crippen LogP contribution in [-0.4, -0.2) is 45.8 Å². The standard InChI is InChI=1S/C22H26N4OS/c1-14-19-12-20(21(27)25(2)18-10-16-8-9-17(11-18)23-16)28-22(19)26(24-14)13-15-6-4-3-5-7-15/h3-7,12,16-18,23H,8-11,13H2,1-2H3. The second-order valence-electron chi connectivity index (χ2n) is 8.24. The molecular formula is C22H26N4OS. The summed E-state index contributed by atoms with van der Waals surface area (Å²) in [4.78, 5) is 17.1. The van der Waals surface area contributed by atoms with E-state index < -0.39 is 0 Å². The van der Waals surface area contributed by atoms with Crippen molar-refractivity contribution in [3.63, 3.8) is 0 Å². The minimum atomic E-state index is 0.151. The lowest BCUT2D eigenvalue weighted by atomic mass is 9.98. The van der Waals surface area contributed by atoms with Gasteiger partial charge in [0.15, 0.2) is 0 Å². The third kappa shape index (κ3) is 3.14. The minimum Gasteiger partial charge on any atom is -0.338 e. The summed E-state index contributed by atoms with van der Waals surface area (Å²) in [6.45, 7) is 2.76. The monoisotopic (exact) mass is 394 g/mol. The molecule has 2 aliphatic heterocycles. The van der Waals surface area contributed by atoms with Crippen LogP contribution in [0.1, 0.15) is 46.6 Å². The van der Waals surface area contributed by atoms with Gasteiger partial charge in [0.25, 0.3) is 5.91 Å². The quantitative estimate of drug-likeness (QED) is 0.732. The Balaban J connectivity index is 1.40. The Bertz CT molecular complexity index is 996. The zero-order chi connectivity index (χ0) is 19.3. The Kier molecular flexibility index (Phi) is 4.48. The second kappa shape index (κ2) is 7.01. The zero-order valence-electron chi connectivity index (χ0n) is 16.4. The third-order valence-electron chi connectivity index (χ3n) is 6.31. The van der Waals surface area contributed by atoms with Gasteiger partial charge >= 0.3 is 0 Å². The predicted molar refractivity (Wildman–Crippen MR) is 113 cm³/mol. The van der Waals surface area contributed by atoms with Crippen molar-refractivity contribution < 1.29 is 4.79 Å². The number of carbonyl (C=O) groups is 1. The maximum absolute atomic E-state index is 13.2. The van der Waals surface area contributed by atoms with Crippen LogP contribution in [0.25, 0.3) is 10.2 Å². The van der Waals surface area contributed by atoms with Crippen LogP contribution in [0.2, 0.25) is 0 Å². The summed E-state index contributed by atoms with van der Waals surface area (Å²) in [5.41, 5.74) is 2.21. The smallest absolute Gasteiger partial charge is 0.264 e. The number of thiophene rings is 1. The maximum Gasteiger partial charge on any atom is 0.264 e. The van der Waals surface area contributed by atoms with Crippen molar-refractivity contribution in [1.82, 2.24) is 20.0 Å². The molecular weight excluding hydrogens is 368 g/mol. The molecule has 6 heteroatoms. The SMILES string of the molecule is Cc1nn(Cc2ccccc2)c2sc(C(=O)N(C)C3CC4CCC(C3)N4)cc12. The van der Waals surface area contributed by atoms with Gasteiger partial charge in [0, 0.05) is 30.6 Å². The van der Waals surface area contributed by atoms with Gasteiger partial charge in [-0.1, -0.05) is 30.3 Å². The molecule has 0 spiro atoms. The summed E-state index contributed by atoms with van der Waals surface area (Å²) in [6.07, 6.45) is 4.65. The molecule has 146 valence electrons. The summed E-state index contributed by atoms with van der Waals surface area (Å²) in [6, 6.07) is 13.9. The van der Waals surface area contributed by atoms with E-state index in [1.54, 1.807) is 11.3 Å². The molecule has 28 heavy (non-hydrogen) atoms. The number of aryl methyl sites for hydroxylation is 1. The second-order valence-corrected chi connectivity index (χ2v) is 9.27. The van der Waals surface area contributed by atoms with Gasteiger partial charge in [0.2, 0.25) is 0 Å². The van der Waals surface area contributed by atoms with Crippen LogP contribution in [0.4, 0.5) is 0 Å². The van der Waals surface area contributed by atoms with E-state index in [0.717, 1.165) is 40.2 Å². The number of fused-ring (bicyclic) bond motifs is 3. The Morgan fingerprint density at radius 3 is 2.68 bits per heavy atom. The summed E-state index contributed by atoms with van der Waals surface area (Å²) < 4.78 is 2.03. The van der Waals surface area contributed by atoms with Crippen LogP contribution in [0, 0.1) is 6.92 Å². The van der Waals surface area contributed by atoms with Gasteiger partial charge in [-0.25, -0.2) is 0 Å². The van der Waals surface area contributed by atoms with Crippen LogP contribution in [0.3, 0.4) is 0 Å². The van der Waals surface area contributed by atoms with Gasteiger partial charge in [0.1, 0.15) is 4.83 Å². The minimum absolute atomic E-state index is 0.151. The molecule has 0 radical (unpaired) electrons. The van der Waals surface area contributed by atoms with Crippen molar-refractivity contribution in [2.75, 3.05) is 7.05 Å². The molecule has 0 saturated carbocycles. The van der Waals surface area contributed by atoms with Gasteiger partial charge in [-0.05, 0) is 44.2 Å². The van der Waals surface area contributed by atoms with E-state index in [1.165, 1.54) is 18.4 Å². The Morgan fingerprint density at radius 2 is 1.96 bits per heavy atom. The van der Waals surface area contributed by atoms with Crippen LogP contribution in [0.15, 0.2) is 36.4 Å². The van der Waals surface area contributed by atoms with Crippen LogP contribution in [-0.2, 0) is 6.54 Å². The molecule has 4 heterocycles. The van der Waals surface area contributed by atoms with Crippen LogP contribution in [0.5, 0.6) is 0 Å². The highest BCUT2D eigenvalue weighted by atomic mass is 32.1. The van der Waals surface area contributed by atoms with Crippen LogP contribution >= 0.6 is 11.3 Å². The Labute approximate surface area is 169 Å². The van der Waals surface area contributed by atoms with Gasteiger partial charge in [-0.3, -0.25) is 9.48 Å². The average Bonchev–Trinajstić information content (AvgIpc) is 3.37. The van der Waals surface area contributed by atoms with E-state index in [-0.39, 0.29) is 5.91 Å². The number of rotatable bonds is 4. The first kappa shape index (κ1) is 17.9. The number of nitrogens with zero attached hydrogens (tertiary/aromatic N) is 3. The largest absolute Gasteiger partial charge is 0.338 e. The molecule has 3 aromatic rings. The lowest BCUT2D eigenvalue weighted by molar-refractivity contribution is 0.0686. The fraction of sp³-hybridized carbons (Fsp3) is 0.455. The van der Waals surface area contributed by atoms with E-state index in [9.17, 15) is 4.79 Å². The predicted octanol–water partition coefficient (Wildman–Crippen LogP) is 3.81. The molecule has 2 aliphatic rings. The van der Waals surface area contributed by atoms with Crippen LogP contribution < -0.4 is 5.32 Å². The Morgan fingerprint density at radius 1 is 1.25 bits per heavy atom. The van der Waals surface area contributed by atoms with Gasteiger partial charge in [-0.15, -0.1) is 11.3 Å². The lowest BCUT2D eigenvalue weighted by Gasteiger charge is -2.35. The summed E-state index contributed by atoms with van der Waals surface area (Å²) in [5.74, 6) is 0.151. The number of aromatic nitrogens is 2. The van der Waals surface area contributed by atoms with Gasteiger partial charge < -0.3 is 10.2 Å². The van der Waals surface area contributed by atoms with E-state index in [1.807, 2.05) is 47.8 Å². The molecule has 1 amide bonds. The fourth-order valence-corrected chi connectivity index (χ4v) is 5.91. The molecule has 0 aliphatic carbocycles. The highest BCUT2D eigenvalue weighted by Gasteiger charge is 2.36. The first-order valence-corrected chi connectivity index (χ1v) is 10.9. The van der Waals surface area contributed by atoms with Crippen molar-refractivity contribution >= 4 is 27.5 Å². The van der Waals surface area contributed by atoms with Gasteiger partial charge in [-0.2, -0.15) is 5.10 Å². The highest BCUT2D eigenvalue weighted by Crippen LogP contribution is 2.33. The first-order valence-electron chi connectivity index (χ1n) is 10.1. The summed E-state index contributed by atoms with van der Waals surface area (Å²) >= 11 is 1.58. The number of benzene rings is 1. The zero-order valence-corrected chi connectivity index (χ0v) is 17.2. The van der Waals surface area contributed by atoms with Crippen molar-refractivity contribution in [1.29, 1.82) is 0 Å². The van der Waals surface area contributed by atoms with Gasteiger partial charge in [0.05, 0.1) is 17.1 Å². The van der Waals surface area contributed by atoms with E-state index >= 15 is 0 Å². The number of amides is 1. The molecule has 5 rings (SSSR count). The maximum atomic E-state index is 13.2. The lowest BCUT2D eigenvalue weighted by Crippen LogP contribution is -2.48. The molecule has 2 saturated heterocycles. The average molecular weight is 395 g/mol. The molecule has 1 N–H and O–H groups in total. The summed E-state index contributed by atoms with van der Waals surface area (Å²) in [5, 5.41) is 9.46. The third-order valence-corrected chi connectivity index (χ3v) is 7.45. The van der Waals surface area contributed by atoms with E-state index in [2.05, 4.69) is 17.4 Å². The molecule has 5 nitrogen and oxygen atoms in total. The molecule has 2 fully saturated rings. The number of nitrogens with one attached hydrogen (secondary N) is 1. The van der Waals surface area contributed by atoms with E-state index in [4.69, 9.17) is 5.10 Å². The number of hydrogen-bond donors (Lipinski definition) is 1. The summed E-state index contributed by atoms with van der Waals surface area (Å²) in [7, 11) is 1.98. The van der Waals surface area contributed by atoms with Crippen molar-refractivity contribution in [2.24, 2.45) is 0 Å². The molecule has 1 aromatic carbocycles. The number of piperidine rings is 1. The van der Waals surface area contributed by atoms with Crippen molar-refractivity contribution in [3.05, 3.63) is 52.5 Å². The fourth-order valence-electron chi connectivity index (χ4n) is 4.76. The normalized spacial score (nSPS) is 24.0. The number of hydrogen-bond acceptors (Lipinski definition) is 4. The number of carbonyl (C=O) groups excluding carboxylic acids is 1. The molecule has 2 aromatic heterocycles. The molecule has 2 unspecified atom stereocenters. The molecule has 2 atom stereocenters. The Hall–Kier alpha value is -2.18. The first-order chi connectivity index (χ1) is 13.6. The highest BCUT2D eigenvalue weighted by molar-refractivity contribution is 7.20. The topological polar surface area (TPSA) is 50.2 Å². The molecule has 2 bridgehead atoms. The van der Waals surface area contributed by atoms with E-state index in [0.29, 0.717) is 18.1 Å². The van der Waals surface area contributed by atoms with Crippen molar-refractivity contribution in [3.8, 4) is 0 Å².